The number of nitrogens with zero attached hydrogens (tertiary/aromatic N) is 2. The monoisotopic (exact) mass is 509 g/mol. The maximum atomic E-state index is 13.4. The molecule has 0 bridgehead atoms. The molecule has 6 rings (SSSR count). The summed E-state index contributed by atoms with van der Waals surface area (Å²) in [6.07, 6.45) is 4.32. The number of nitrogens with one attached hydrogen (secondary N) is 2. The summed E-state index contributed by atoms with van der Waals surface area (Å²) in [5, 5.41) is 5.91. The second-order valence-electron chi connectivity index (χ2n) is 11.4. The predicted octanol–water partition coefficient (Wildman–Crippen LogP) is 3.98. The van der Waals surface area contributed by atoms with Gasteiger partial charge in [-0.25, -0.2) is 4.98 Å². The summed E-state index contributed by atoms with van der Waals surface area (Å²) in [6.45, 7) is 3.81. The van der Waals surface area contributed by atoms with E-state index in [4.69, 9.17) is 5.73 Å². The van der Waals surface area contributed by atoms with Crippen LogP contribution in [0.4, 0.5) is 17.2 Å². The fourth-order valence-electron chi connectivity index (χ4n) is 6.29. The van der Waals surface area contributed by atoms with Gasteiger partial charge in [-0.1, -0.05) is 38.1 Å². The molecule has 2 aromatic carbocycles. The quantitative estimate of drug-likeness (QED) is 0.460. The lowest BCUT2D eigenvalue weighted by atomic mass is 9.78. The van der Waals surface area contributed by atoms with E-state index in [1.807, 2.05) is 68.4 Å². The van der Waals surface area contributed by atoms with Gasteiger partial charge in [0, 0.05) is 28.6 Å². The second-order valence-corrected chi connectivity index (χ2v) is 11.4. The smallest absolute Gasteiger partial charge is 0.244 e. The lowest BCUT2D eigenvalue weighted by Gasteiger charge is -2.43. The number of benzene rings is 2. The van der Waals surface area contributed by atoms with E-state index in [0.717, 1.165) is 35.1 Å². The Morgan fingerprint density at radius 2 is 1.92 bits per heavy atom. The standard InChI is InChI=1S/C30H31N5O3/c1-29(2)11-10-24(18-5-3-6-21(31)13-18)35(28(29)38)17-25(36)33-22-9-8-19-15-30(16-20(19)14-22)23-7-4-12-32-26(23)34-27(30)37/h3-9,12-14,24H,10-11,15-17,31H2,1-2H3,(H,33,36)(H,32,34,37). The van der Waals surface area contributed by atoms with Crippen LogP contribution in [-0.4, -0.2) is 34.2 Å². The first kappa shape index (κ1) is 24.2. The van der Waals surface area contributed by atoms with Crippen LogP contribution in [0.3, 0.4) is 0 Å². The molecule has 4 N–H and O–H groups in total. The fourth-order valence-corrected chi connectivity index (χ4v) is 6.29. The molecule has 3 heterocycles. The van der Waals surface area contributed by atoms with E-state index < -0.39 is 10.8 Å². The van der Waals surface area contributed by atoms with Gasteiger partial charge in [0.2, 0.25) is 17.7 Å². The average molecular weight is 510 g/mol. The summed E-state index contributed by atoms with van der Waals surface area (Å²) in [7, 11) is 0. The number of pyridine rings is 1. The third kappa shape index (κ3) is 3.91. The zero-order valence-corrected chi connectivity index (χ0v) is 21.6. The van der Waals surface area contributed by atoms with Crippen molar-refractivity contribution in [2.45, 2.75) is 51.0 Å². The van der Waals surface area contributed by atoms with E-state index in [0.29, 0.717) is 30.0 Å². The average Bonchev–Trinajstić information content (AvgIpc) is 3.39. The number of rotatable bonds is 4. The summed E-state index contributed by atoms with van der Waals surface area (Å²) in [5.41, 5.74) is 10.1. The van der Waals surface area contributed by atoms with Crippen LogP contribution in [0, 0.1) is 5.41 Å². The molecule has 1 spiro atoms. The Morgan fingerprint density at radius 3 is 2.74 bits per heavy atom. The molecule has 1 saturated heterocycles. The van der Waals surface area contributed by atoms with Gasteiger partial charge in [-0.15, -0.1) is 0 Å². The van der Waals surface area contributed by atoms with Crippen molar-refractivity contribution < 1.29 is 14.4 Å². The number of fused-ring (bicyclic) bond motifs is 3. The lowest BCUT2D eigenvalue weighted by Crippen LogP contribution is -2.50. The minimum Gasteiger partial charge on any atom is -0.399 e. The van der Waals surface area contributed by atoms with Crippen LogP contribution < -0.4 is 16.4 Å². The number of nitrogens with two attached hydrogens (primary N) is 1. The molecule has 8 nitrogen and oxygen atoms in total. The Labute approximate surface area is 221 Å². The van der Waals surface area contributed by atoms with Gasteiger partial charge in [0.05, 0.1) is 11.5 Å². The molecule has 3 aliphatic rings. The van der Waals surface area contributed by atoms with Crippen molar-refractivity contribution in [2.75, 3.05) is 22.9 Å². The molecule has 1 aliphatic carbocycles. The first-order chi connectivity index (χ1) is 18.2. The molecule has 8 heteroatoms. The third-order valence-electron chi connectivity index (χ3n) is 8.33. The number of carbonyl (C=O) groups excluding carboxylic acids is 3. The van der Waals surface area contributed by atoms with Crippen molar-refractivity contribution in [3.63, 3.8) is 0 Å². The molecule has 2 aliphatic heterocycles. The number of likely N-dealkylation sites (tertiary alicyclic amines) is 1. The zero-order valence-electron chi connectivity index (χ0n) is 21.6. The van der Waals surface area contributed by atoms with E-state index >= 15 is 0 Å². The van der Waals surface area contributed by atoms with E-state index in [9.17, 15) is 14.4 Å². The first-order valence-electron chi connectivity index (χ1n) is 13.0. The molecule has 38 heavy (non-hydrogen) atoms. The van der Waals surface area contributed by atoms with Crippen molar-refractivity contribution in [2.24, 2.45) is 5.41 Å². The normalized spacial score (nSPS) is 23.2. The largest absolute Gasteiger partial charge is 0.399 e. The highest BCUT2D eigenvalue weighted by atomic mass is 16.2. The van der Waals surface area contributed by atoms with Crippen molar-refractivity contribution in [1.82, 2.24) is 9.88 Å². The van der Waals surface area contributed by atoms with Crippen LogP contribution in [0.15, 0.2) is 60.8 Å². The Bertz CT molecular complexity index is 1480. The second kappa shape index (κ2) is 8.68. The molecule has 1 fully saturated rings. The van der Waals surface area contributed by atoms with Crippen LogP contribution in [0.5, 0.6) is 0 Å². The number of anilines is 3. The highest BCUT2D eigenvalue weighted by Gasteiger charge is 2.51. The number of piperidine rings is 1. The Balaban J connectivity index is 1.21. The van der Waals surface area contributed by atoms with Crippen molar-refractivity contribution in [3.05, 3.63) is 83.0 Å². The zero-order chi connectivity index (χ0) is 26.7. The maximum Gasteiger partial charge on any atom is 0.244 e. The maximum absolute atomic E-state index is 13.4. The van der Waals surface area contributed by atoms with Gasteiger partial charge in [0.25, 0.3) is 0 Å². The van der Waals surface area contributed by atoms with Gasteiger partial charge in [0.1, 0.15) is 12.4 Å². The number of hydrogen-bond acceptors (Lipinski definition) is 5. The van der Waals surface area contributed by atoms with Crippen LogP contribution in [-0.2, 0) is 32.6 Å². The highest BCUT2D eigenvalue weighted by Crippen LogP contribution is 2.47. The molecule has 3 amide bonds. The summed E-state index contributed by atoms with van der Waals surface area (Å²) in [5.74, 6) is 0.294. The number of hydrogen-bond donors (Lipinski definition) is 3. The Kier molecular flexibility index (Phi) is 5.52. The predicted molar refractivity (Wildman–Crippen MR) is 145 cm³/mol. The molecule has 0 saturated carbocycles. The van der Waals surface area contributed by atoms with Gasteiger partial charge in [-0.05, 0) is 72.7 Å². The topological polar surface area (TPSA) is 117 Å². The van der Waals surface area contributed by atoms with Gasteiger partial charge >= 0.3 is 0 Å². The van der Waals surface area contributed by atoms with Crippen molar-refractivity contribution in [1.29, 1.82) is 0 Å². The highest BCUT2D eigenvalue weighted by molar-refractivity contribution is 6.06. The van der Waals surface area contributed by atoms with E-state index in [2.05, 4.69) is 15.6 Å². The van der Waals surface area contributed by atoms with Crippen LogP contribution in [0.25, 0.3) is 0 Å². The minimum absolute atomic E-state index is 0.0354. The molecule has 0 radical (unpaired) electrons. The van der Waals surface area contributed by atoms with Gasteiger partial charge < -0.3 is 21.3 Å². The minimum atomic E-state index is -0.662. The van der Waals surface area contributed by atoms with Gasteiger partial charge in [0.15, 0.2) is 0 Å². The molecular formula is C30H31N5O3. The number of amides is 3. The molecule has 2 atom stereocenters. The first-order valence-corrected chi connectivity index (χ1v) is 13.0. The molecule has 2 unspecified atom stereocenters. The lowest BCUT2D eigenvalue weighted by molar-refractivity contribution is -0.150. The summed E-state index contributed by atoms with van der Waals surface area (Å²) < 4.78 is 0. The van der Waals surface area contributed by atoms with E-state index in [1.54, 1.807) is 11.1 Å². The van der Waals surface area contributed by atoms with Crippen LogP contribution in [0.1, 0.15) is 55.0 Å². The number of nitrogen functional groups attached to an aromatic ring is 1. The van der Waals surface area contributed by atoms with E-state index in [1.165, 1.54) is 0 Å². The Morgan fingerprint density at radius 1 is 1.11 bits per heavy atom. The fraction of sp³-hybridized carbons (Fsp3) is 0.333. The number of aromatic nitrogens is 1. The van der Waals surface area contributed by atoms with E-state index in [-0.39, 0.29) is 30.3 Å². The van der Waals surface area contributed by atoms with Gasteiger partial charge in [-0.3, -0.25) is 14.4 Å². The number of carbonyl (C=O) groups is 3. The van der Waals surface area contributed by atoms with Crippen LogP contribution >= 0.6 is 0 Å². The molecule has 1 aromatic heterocycles. The molecule has 3 aromatic rings. The summed E-state index contributed by atoms with van der Waals surface area (Å²) >= 11 is 0. The van der Waals surface area contributed by atoms with Crippen molar-refractivity contribution >= 4 is 34.9 Å². The SMILES string of the molecule is CC1(C)CCC(c2cccc(N)c2)N(CC(=O)Nc2ccc3c(c2)CC2(C3)C(=O)Nc3ncccc32)C1=O. The Hall–Kier alpha value is -4.20. The summed E-state index contributed by atoms with van der Waals surface area (Å²) in [4.78, 5) is 45.7. The van der Waals surface area contributed by atoms with Crippen LogP contribution in [0.2, 0.25) is 0 Å². The van der Waals surface area contributed by atoms with Crippen molar-refractivity contribution in [3.8, 4) is 0 Å². The molecular weight excluding hydrogens is 478 g/mol. The third-order valence-corrected chi connectivity index (χ3v) is 8.33. The van der Waals surface area contributed by atoms with Gasteiger partial charge in [-0.2, -0.15) is 0 Å². The molecule has 194 valence electrons. The summed E-state index contributed by atoms with van der Waals surface area (Å²) in [6, 6.07) is 16.9.